The number of phenolic OH excluding ortho intramolecular Hbond substituents is 1. The third kappa shape index (κ3) is 4.46. The molecule has 1 aliphatic carbocycles. The average Bonchev–Trinajstić information content (AvgIpc) is 2.51. The summed E-state index contributed by atoms with van der Waals surface area (Å²) in [5, 5.41) is 21.9. The van der Waals surface area contributed by atoms with Gasteiger partial charge in [-0.1, -0.05) is 19.3 Å². The van der Waals surface area contributed by atoms with Crippen molar-refractivity contribution in [3.63, 3.8) is 0 Å². The second kappa shape index (κ2) is 7.97. The summed E-state index contributed by atoms with van der Waals surface area (Å²) in [4.78, 5) is 12.2. The molecule has 1 aromatic carbocycles. The minimum atomic E-state index is -0.325. The monoisotopic (exact) mass is 474 g/mol. The van der Waals surface area contributed by atoms with Gasteiger partial charge in [0.05, 0.1) is 8.04 Å². The molecule has 0 saturated heterocycles. The Morgan fingerprint density at radius 1 is 1.41 bits per heavy atom. The smallest absolute Gasteiger partial charge is 0.262 e. The third-order valence-corrected chi connectivity index (χ3v) is 5.08. The van der Waals surface area contributed by atoms with Gasteiger partial charge in [0.25, 0.3) is 5.91 Å². The van der Waals surface area contributed by atoms with E-state index in [-0.39, 0.29) is 23.3 Å². The molecule has 0 unspecified atom stereocenters. The number of nitrogens with one attached hydrogen (secondary N) is 1. The molecule has 1 aliphatic rings. The van der Waals surface area contributed by atoms with Crippen LogP contribution in [0, 0.1) is 14.9 Å². The van der Waals surface area contributed by atoms with E-state index in [9.17, 15) is 15.2 Å². The number of phenols is 1. The van der Waals surface area contributed by atoms with E-state index in [0.29, 0.717) is 13.6 Å². The molecule has 2 rings (SSSR count). The summed E-state index contributed by atoms with van der Waals surface area (Å²) >= 11 is 5.26. The van der Waals surface area contributed by atoms with Crippen molar-refractivity contribution in [2.75, 3.05) is 0 Å². The number of nitriles is 1. The normalized spacial score (nSPS) is 16.1. The van der Waals surface area contributed by atoms with Gasteiger partial charge in [-0.25, -0.2) is 0 Å². The highest BCUT2D eigenvalue weighted by Gasteiger charge is 2.18. The van der Waals surface area contributed by atoms with Crippen molar-refractivity contribution in [1.29, 1.82) is 5.26 Å². The van der Waals surface area contributed by atoms with Crippen LogP contribution in [0.1, 0.15) is 37.7 Å². The van der Waals surface area contributed by atoms with Crippen LogP contribution in [-0.4, -0.2) is 17.1 Å². The van der Waals surface area contributed by atoms with Crippen LogP contribution in [0.25, 0.3) is 6.08 Å². The SMILES string of the molecule is N#C/C(=C\c1cc(Br)c(O)c(I)c1)C(=O)NC1CCCCC1. The molecule has 0 aromatic heterocycles. The highest BCUT2D eigenvalue weighted by Crippen LogP contribution is 2.31. The molecule has 6 heteroatoms. The number of hydrogen-bond donors (Lipinski definition) is 2. The van der Waals surface area contributed by atoms with Crippen molar-refractivity contribution < 1.29 is 9.90 Å². The molecule has 0 atom stereocenters. The Bertz CT molecular complexity index is 623. The molecule has 22 heavy (non-hydrogen) atoms. The van der Waals surface area contributed by atoms with E-state index in [1.807, 2.05) is 28.7 Å². The topological polar surface area (TPSA) is 73.1 Å². The first kappa shape index (κ1) is 17.3. The molecular formula is C16H16BrIN2O2. The quantitative estimate of drug-likeness (QED) is 0.393. The number of carbonyl (C=O) groups is 1. The van der Waals surface area contributed by atoms with E-state index < -0.39 is 0 Å². The van der Waals surface area contributed by atoms with Crippen LogP contribution in [0.5, 0.6) is 5.75 Å². The number of amides is 1. The first-order valence-corrected chi connectivity index (χ1v) is 8.99. The lowest BCUT2D eigenvalue weighted by Gasteiger charge is -2.22. The molecule has 0 heterocycles. The Kier molecular flexibility index (Phi) is 6.26. The van der Waals surface area contributed by atoms with Crippen molar-refractivity contribution in [3.8, 4) is 11.8 Å². The largest absolute Gasteiger partial charge is 0.506 e. The lowest BCUT2D eigenvalue weighted by Crippen LogP contribution is -2.36. The Morgan fingerprint density at radius 2 is 2.09 bits per heavy atom. The number of rotatable bonds is 3. The van der Waals surface area contributed by atoms with Gasteiger partial charge in [0, 0.05) is 6.04 Å². The fourth-order valence-electron chi connectivity index (χ4n) is 2.49. The summed E-state index contributed by atoms with van der Waals surface area (Å²) in [7, 11) is 0. The Morgan fingerprint density at radius 3 is 2.68 bits per heavy atom. The minimum Gasteiger partial charge on any atom is -0.506 e. The van der Waals surface area contributed by atoms with Crippen LogP contribution in [0.3, 0.4) is 0 Å². The molecule has 0 bridgehead atoms. The Hall–Kier alpha value is -1.07. The van der Waals surface area contributed by atoms with Crippen molar-refractivity contribution in [1.82, 2.24) is 5.32 Å². The molecule has 2 N–H and O–H groups in total. The van der Waals surface area contributed by atoms with Gasteiger partial charge in [0.15, 0.2) is 0 Å². The molecule has 4 nitrogen and oxygen atoms in total. The molecule has 1 aromatic rings. The lowest BCUT2D eigenvalue weighted by molar-refractivity contribution is -0.117. The predicted octanol–water partition coefficient (Wildman–Crippen LogP) is 4.12. The molecule has 1 saturated carbocycles. The third-order valence-electron chi connectivity index (χ3n) is 3.66. The van der Waals surface area contributed by atoms with E-state index in [1.165, 1.54) is 6.42 Å². The molecule has 116 valence electrons. The molecule has 0 aliphatic heterocycles. The fraction of sp³-hybridized carbons (Fsp3) is 0.375. The van der Waals surface area contributed by atoms with E-state index in [4.69, 9.17) is 0 Å². The summed E-state index contributed by atoms with van der Waals surface area (Å²) in [5.41, 5.74) is 0.781. The highest BCUT2D eigenvalue weighted by molar-refractivity contribution is 14.1. The summed E-state index contributed by atoms with van der Waals surface area (Å²) in [6.45, 7) is 0. The van der Waals surface area contributed by atoms with Gasteiger partial charge in [-0.2, -0.15) is 5.26 Å². The van der Waals surface area contributed by atoms with Crippen molar-refractivity contribution >= 4 is 50.5 Å². The second-order valence-electron chi connectivity index (χ2n) is 5.31. The summed E-state index contributed by atoms with van der Waals surface area (Å²) in [5.74, 6) is -0.170. The summed E-state index contributed by atoms with van der Waals surface area (Å²) in [6, 6.07) is 5.54. The van der Waals surface area contributed by atoms with Crippen LogP contribution in [-0.2, 0) is 4.79 Å². The molecule has 0 radical (unpaired) electrons. The molecule has 1 amide bonds. The van der Waals surface area contributed by atoms with E-state index >= 15 is 0 Å². The Balaban J connectivity index is 2.16. The van der Waals surface area contributed by atoms with Gasteiger partial charge in [0.2, 0.25) is 0 Å². The van der Waals surface area contributed by atoms with Crippen molar-refractivity contribution in [3.05, 3.63) is 31.3 Å². The van der Waals surface area contributed by atoms with E-state index in [2.05, 4.69) is 21.2 Å². The number of aromatic hydroxyl groups is 1. The van der Waals surface area contributed by atoms with Gasteiger partial charge in [-0.3, -0.25) is 4.79 Å². The highest BCUT2D eigenvalue weighted by atomic mass is 127. The number of carbonyl (C=O) groups excluding carboxylic acids is 1. The molecular weight excluding hydrogens is 459 g/mol. The van der Waals surface area contributed by atoms with Crippen LogP contribution in [0.4, 0.5) is 0 Å². The maximum absolute atomic E-state index is 12.2. The van der Waals surface area contributed by atoms with Gasteiger partial charge in [0.1, 0.15) is 17.4 Å². The lowest BCUT2D eigenvalue weighted by atomic mass is 9.95. The minimum absolute atomic E-state index is 0.0824. The first-order chi connectivity index (χ1) is 10.5. The average molecular weight is 475 g/mol. The maximum Gasteiger partial charge on any atom is 0.262 e. The van der Waals surface area contributed by atoms with Crippen LogP contribution < -0.4 is 5.32 Å². The number of hydrogen-bond acceptors (Lipinski definition) is 3. The zero-order valence-corrected chi connectivity index (χ0v) is 15.6. The van der Waals surface area contributed by atoms with Gasteiger partial charge in [-0.05, 0) is 75.1 Å². The van der Waals surface area contributed by atoms with Crippen molar-refractivity contribution in [2.24, 2.45) is 0 Å². The second-order valence-corrected chi connectivity index (χ2v) is 7.33. The van der Waals surface area contributed by atoms with E-state index in [0.717, 1.165) is 25.7 Å². The van der Waals surface area contributed by atoms with E-state index in [1.54, 1.807) is 18.2 Å². The van der Waals surface area contributed by atoms with Crippen LogP contribution in [0.2, 0.25) is 0 Å². The van der Waals surface area contributed by atoms with Gasteiger partial charge >= 0.3 is 0 Å². The van der Waals surface area contributed by atoms with Crippen molar-refractivity contribution in [2.45, 2.75) is 38.1 Å². The Labute approximate surface area is 151 Å². The summed E-state index contributed by atoms with van der Waals surface area (Å²) in [6.07, 6.45) is 6.97. The molecule has 1 fully saturated rings. The van der Waals surface area contributed by atoms with Crippen LogP contribution in [0.15, 0.2) is 22.2 Å². The maximum atomic E-state index is 12.2. The zero-order chi connectivity index (χ0) is 16.1. The zero-order valence-electron chi connectivity index (χ0n) is 11.9. The first-order valence-electron chi connectivity index (χ1n) is 7.12. The predicted molar refractivity (Wildman–Crippen MR) is 97.1 cm³/mol. The van der Waals surface area contributed by atoms with Gasteiger partial charge in [-0.15, -0.1) is 0 Å². The van der Waals surface area contributed by atoms with Crippen LogP contribution >= 0.6 is 38.5 Å². The number of nitrogens with zero attached hydrogens (tertiary/aromatic N) is 1. The fourth-order valence-corrected chi connectivity index (χ4v) is 3.99. The van der Waals surface area contributed by atoms with Gasteiger partial charge < -0.3 is 10.4 Å². The number of benzene rings is 1. The molecule has 0 spiro atoms. The number of halogens is 2. The summed E-state index contributed by atoms with van der Waals surface area (Å²) < 4.78 is 1.19. The standard InChI is InChI=1S/C16H16BrIN2O2/c17-13-7-10(8-14(18)15(13)21)6-11(9-19)16(22)20-12-4-2-1-3-5-12/h6-8,12,21H,1-5H2,(H,20,22)/b11-6+.